The number of nitro benzene ring substituents is 1. The first-order valence-electron chi connectivity index (χ1n) is 4.65. The fourth-order valence-electron chi connectivity index (χ4n) is 1.46. The van der Waals surface area contributed by atoms with Crippen molar-refractivity contribution in [1.82, 2.24) is 0 Å². The summed E-state index contributed by atoms with van der Waals surface area (Å²) in [7, 11) is 0. The molecule has 0 saturated heterocycles. The van der Waals surface area contributed by atoms with Gasteiger partial charge in [0.05, 0.1) is 4.92 Å². The van der Waals surface area contributed by atoms with Crippen LogP contribution in [0.4, 0.5) is 5.69 Å². The number of hydrogen-bond donors (Lipinski definition) is 1. The van der Waals surface area contributed by atoms with Crippen LogP contribution in [0, 0.1) is 10.1 Å². The summed E-state index contributed by atoms with van der Waals surface area (Å²) in [6.07, 6.45) is 0. The lowest BCUT2D eigenvalue weighted by atomic mass is 10.1. The van der Waals surface area contributed by atoms with E-state index in [1.807, 2.05) is 17.5 Å². The second-order valence-electron chi connectivity index (χ2n) is 3.27. The Bertz CT molecular complexity index is 577. The minimum atomic E-state index is -1.30. The lowest BCUT2D eigenvalue weighted by Crippen LogP contribution is -2.02. The molecule has 6 heteroatoms. The third-order valence-corrected chi connectivity index (χ3v) is 3.15. The molecule has 0 aliphatic rings. The van der Waals surface area contributed by atoms with Crippen LogP contribution in [0.5, 0.6) is 0 Å². The Balaban J connectivity index is 2.57. The standard InChI is InChI=1S/C11H7NO4S/c13-11(14)8-4-3-7(6-9(8)12(15)16)10-2-1-5-17-10/h1-6H,(H,13,14). The Kier molecular flexibility index (Phi) is 2.88. The average molecular weight is 249 g/mol. The maximum Gasteiger partial charge on any atom is 0.342 e. The molecular formula is C11H7NO4S. The molecule has 0 bridgehead atoms. The van der Waals surface area contributed by atoms with Crippen molar-refractivity contribution < 1.29 is 14.8 Å². The van der Waals surface area contributed by atoms with Crippen LogP contribution in [0.3, 0.4) is 0 Å². The molecule has 2 aromatic rings. The van der Waals surface area contributed by atoms with E-state index in [9.17, 15) is 14.9 Å². The molecule has 0 amide bonds. The monoisotopic (exact) mass is 249 g/mol. The van der Waals surface area contributed by atoms with E-state index < -0.39 is 10.9 Å². The van der Waals surface area contributed by atoms with Crippen LogP contribution in [0.1, 0.15) is 10.4 Å². The normalized spacial score (nSPS) is 10.1. The third kappa shape index (κ3) is 2.16. The number of nitrogens with zero attached hydrogens (tertiary/aromatic N) is 1. The SMILES string of the molecule is O=C(O)c1ccc(-c2cccs2)cc1[N+](=O)[O-]. The number of carboxylic acids is 1. The number of rotatable bonds is 3. The van der Waals surface area contributed by atoms with E-state index in [1.165, 1.54) is 23.5 Å². The number of nitro groups is 1. The Hall–Kier alpha value is -2.21. The predicted molar refractivity (Wildman–Crippen MR) is 63.4 cm³/mol. The Labute approximate surface area is 100 Å². The van der Waals surface area contributed by atoms with E-state index in [1.54, 1.807) is 6.07 Å². The highest BCUT2D eigenvalue weighted by molar-refractivity contribution is 7.13. The van der Waals surface area contributed by atoms with Crippen molar-refractivity contribution in [2.45, 2.75) is 0 Å². The molecule has 0 aliphatic carbocycles. The molecular weight excluding hydrogens is 242 g/mol. The molecule has 86 valence electrons. The highest BCUT2D eigenvalue weighted by atomic mass is 32.1. The number of aromatic carboxylic acids is 1. The van der Waals surface area contributed by atoms with E-state index in [0.29, 0.717) is 5.56 Å². The van der Waals surface area contributed by atoms with Crippen LogP contribution < -0.4 is 0 Å². The first kappa shape index (κ1) is 11.3. The van der Waals surface area contributed by atoms with Crippen molar-refractivity contribution in [1.29, 1.82) is 0 Å². The maximum absolute atomic E-state index is 10.8. The first-order chi connectivity index (χ1) is 8.09. The number of carbonyl (C=O) groups is 1. The van der Waals surface area contributed by atoms with Crippen molar-refractivity contribution in [3.05, 3.63) is 51.4 Å². The van der Waals surface area contributed by atoms with Gasteiger partial charge in [-0.2, -0.15) is 0 Å². The van der Waals surface area contributed by atoms with Gasteiger partial charge in [-0.1, -0.05) is 12.1 Å². The number of thiophene rings is 1. The molecule has 5 nitrogen and oxygen atoms in total. The van der Waals surface area contributed by atoms with Crippen LogP contribution in [0.25, 0.3) is 10.4 Å². The van der Waals surface area contributed by atoms with Gasteiger partial charge >= 0.3 is 5.97 Å². The molecule has 0 fully saturated rings. The van der Waals surface area contributed by atoms with Gasteiger partial charge in [-0.3, -0.25) is 10.1 Å². The zero-order chi connectivity index (χ0) is 12.4. The van der Waals surface area contributed by atoms with Crippen LogP contribution in [0.2, 0.25) is 0 Å². The molecule has 1 N–H and O–H groups in total. The summed E-state index contributed by atoms with van der Waals surface area (Å²) in [5.41, 5.74) is -0.0320. The molecule has 0 spiro atoms. The van der Waals surface area contributed by atoms with Crippen molar-refractivity contribution in [2.24, 2.45) is 0 Å². The van der Waals surface area contributed by atoms with Gasteiger partial charge < -0.3 is 5.11 Å². The second kappa shape index (κ2) is 4.34. The maximum atomic E-state index is 10.8. The number of hydrogen-bond acceptors (Lipinski definition) is 4. The summed E-state index contributed by atoms with van der Waals surface area (Å²) in [5.74, 6) is -1.30. The third-order valence-electron chi connectivity index (χ3n) is 2.23. The summed E-state index contributed by atoms with van der Waals surface area (Å²) in [5, 5.41) is 21.5. The Morgan fingerprint density at radius 1 is 1.35 bits per heavy atom. The molecule has 0 aliphatic heterocycles. The van der Waals surface area contributed by atoms with Gasteiger partial charge in [0.2, 0.25) is 0 Å². The van der Waals surface area contributed by atoms with E-state index in [0.717, 1.165) is 4.88 Å². The van der Waals surface area contributed by atoms with Gasteiger partial charge in [0.1, 0.15) is 5.56 Å². The number of carboxylic acid groups (broad SMARTS) is 1. The van der Waals surface area contributed by atoms with E-state index in [2.05, 4.69) is 0 Å². The van der Waals surface area contributed by atoms with Gasteiger partial charge in [0.25, 0.3) is 5.69 Å². The minimum absolute atomic E-state index is 0.296. The fraction of sp³-hybridized carbons (Fsp3) is 0. The lowest BCUT2D eigenvalue weighted by Gasteiger charge is -2.01. The molecule has 1 aromatic heterocycles. The summed E-state index contributed by atoms with van der Waals surface area (Å²) in [6, 6.07) is 7.77. The fourth-order valence-corrected chi connectivity index (χ4v) is 2.18. The van der Waals surface area contributed by atoms with E-state index in [4.69, 9.17) is 5.11 Å². The summed E-state index contributed by atoms with van der Waals surface area (Å²) in [6.45, 7) is 0. The Morgan fingerprint density at radius 3 is 2.65 bits per heavy atom. The summed E-state index contributed by atoms with van der Waals surface area (Å²) < 4.78 is 0. The van der Waals surface area contributed by atoms with Gasteiger partial charge in [0, 0.05) is 10.9 Å². The van der Waals surface area contributed by atoms with Crippen molar-refractivity contribution >= 4 is 23.0 Å². The zero-order valence-electron chi connectivity index (χ0n) is 8.49. The average Bonchev–Trinajstić information content (AvgIpc) is 2.81. The van der Waals surface area contributed by atoms with Gasteiger partial charge in [0.15, 0.2) is 0 Å². The van der Waals surface area contributed by atoms with Crippen molar-refractivity contribution in [3.63, 3.8) is 0 Å². The molecule has 1 aromatic carbocycles. The van der Waals surface area contributed by atoms with Crippen LogP contribution in [-0.2, 0) is 0 Å². The van der Waals surface area contributed by atoms with Gasteiger partial charge in [-0.05, 0) is 23.1 Å². The predicted octanol–water partition coefficient (Wildman–Crippen LogP) is 3.02. The van der Waals surface area contributed by atoms with E-state index >= 15 is 0 Å². The van der Waals surface area contributed by atoms with Crippen LogP contribution in [0.15, 0.2) is 35.7 Å². The lowest BCUT2D eigenvalue weighted by molar-refractivity contribution is -0.385. The Morgan fingerprint density at radius 2 is 2.12 bits per heavy atom. The molecule has 2 rings (SSSR count). The van der Waals surface area contributed by atoms with Gasteiger partial charge in [-0.15, -0.1) is 11.3 Å². The minimum Gasteiger partial charge on any atom is -0.477 e. The van der Waals surface area contributed by atoms with E-state index in [-0.39, 0.29) is 11.3 Å². The number of benzene rings is 1. The molecule has 0 atom stereocenters. The molecule has 1 heterocycles. The summed E-state index contributed by atoms with van der Waals surface area (Å²) in [4.78, 5) is 21.8. The largest absolute Gasteiger partial charge is 0.477 e. The molecule has 0 saturated carbocycles. The van der Waals surface area contributed by atoms with Crippen LogP contribution >= 0.6 is 11.3 Å². The smallest absolute Gasteiger partial charge is 0.342 e. The van der Waals surface area contributed by atoms with Crippen molar-refractivity contribution in [2.75, 3.05) is 0 Å². The molecule has 0 radical (unpaired) electrons. The highest BCUT2D eigenvalue weighted by Gasteiger charge is 2.20. The quantitative estimate of drug-likeness (QED) is 0.669. The zero-order valence-corrected chi connectivity index (χ0v) is 9.31. The summed E-state index contributed by atoms with van der Waals surface area (Å²) >= 11 is 1.44. The molecule has 0 unspecified atom stereocenters. The highest BCUT2D eigenvalue weighted by Crippen LogP contribution is 2.30. The molecule has 17 heavy (non-hydrogen) atoms. The van der Waals surface area contributed by atoms with Crippen molar-refractivity contribution in [3.8, 4) is 10.4 Å². The van der Waals surface area contributed by atoms with Gasteiger partial charge in [-0.25, -0.2) is 4.79 Å². The second-order valence-corrected chi connectivity index (χ2v) is 4.22. The van der Waals surface area contributed by atoms with Crippen LogP contribution in [-0.4, -0.2) is 16.0 Å². The topological polar surface area (TPSA) is 80.4 Å². The first-order valence-corrected chi connectivity index (χ1v) is 5.53.